The van der Waals surface area contributed by atoms with E-state index in [0.717, 1.165) is 40.8 Å². The molecule has 1 fully saturated rings. The number of aromatic hydroxyl groups is 4. The molecule has 13 aromatic rings. The van der Waals surface area contributed by atoms with Crippen LogP contribution in [0.3, 0.4) is 0 Å². The Morgan fingerprint density at radius 3 is 0.928 bits per heavy atom. The average Bonchev–Trinajstić information content (AvgIpc) is 0.885. The molecule has 5 aromatic carbocycles. The van der Waals surface area contributed by atoms with Gasteiger partial charge in [0.1, 0.15) is 68.1 Å². The highest BCUT2D eigenvalue weighted by molar-refractivity contribution is 6.15. The van der Waals surface area contributed by atoms with Gasteiger partial charge in [0.05, 0.1) is 51.8 Å². The van der Waals surface area contributed by atoms with Crippen molar-refractivity contribution < 1.29 is 112 Å². The van der Waals surface area contributed by atoms with Crippen LogP contribution in [0.1, 0.15) is 169 Å². The van der Waals surface area contributed by atoms with Crippen LogP contribution < -0.4 is 47.5 Å². The minimum atomic E-state index is -0.972. The van der Waals surface area contributed by atoms with Crippen LogP contribution >= 0.6 is 0 Å². The first-order valence-corrected chi connectivity index (χ1v) is 43.7. The molecular formula is C98H104F4N18O19. The van der Waals surface area contributed by atoms with Crippen molar-refractivity contribution in [1.82, 2.24) is 82.2 Å². The predicted molar refractivity (Wildman–Crippen MR) is 504 cm³/mol. The number of hydrazine groups is 1. The van der Waals surface area contributed by atoms with E-state index in [1.165, 1.54) is 85.3 Å². The molecule has 5 unspecified atom stereocenters. The van der Waals surface area contributed by atoms with E-state index in [4.69, 9.17) is 4.74 Å². The first kappa shape index (κ1) is 104. The maximum Gasteiger partial charge on any atom is 0.284 e. The predicted octanol–water partition coefficient (Wildman–Crippen LogP) is 7.22. The lowest BCUT2D eigenvalue weighted by atomic mass is 10.0. The van der Waals surface area contributed by atoms with E-state index in [2.05, 4.69) is 82.5 Å². The fourth-order valence-corrected chi connectivity index (χ4v) is 14.1. The zero-order valence-corrected chi connectivity index (χ0v) is 76.7. The Kier molecular flexibility index (Phi) is 36.1. The standard InChI is InChI=1S/C28H28FN5O4.C25H27FN4O5.C23H25FN4O6.C22H24FN5O4/c1-16(15-35)31-28(38)25-26(36)23-22(13-18(14-30-23)12-17-4-6-19(29)7-5-17)24(33-25)27(37)32-20-8-10-21(11-9-20)34(2)3;1-14(13-31)29-25(34)22-23(32)20-19(21(30-22)24(33)28-12-18-3-2-8-35-18)10-16(11-27-20)9-15-4-6-17(26)7-5-15;1-12(9-29)26-23(34)20-21(32)18-17(19(28-20)22(33)27-16(10-30)11-31)7-14(8-25-18)6-13-2-4-15(24)5-3-13;1-12(11-29)25-21(31)19-20(30)17-16(18(26-19)22(32)27-28(2)3)9-14(10-24-17)8-13-4-6-15(23)7-5-13/h4-11,13-14,16,35-36H,12,15H2,1-3H3,(H,31,38)(H,32,37);4-7,10-11,14,18,31-32H,2-3,8-9,12-13H2,1H3,(H,28,33)(H,29,34);2-5,7-8,12,16,29-32H,6,9-11H2,1H3,(H,26,34)(H,27,33);4-7,9-10,12,29-30H,8,11H2,1-3H3,(H,25,31)(H,27,32). The van der Waals surface area contributed by atoms with Gasteiger partial charge in [-0.05, 0) is 208 Å². The van der Waals surface area contributed by atoms with Crippen LogP contribution in [0.5, 0.6) is 23.0 Å². The first-order chi connectivity index (χ1) is 66.5. The summed E-state index contributed by atoms with van der Waals surface area (Å²) < 4.78 is 58.5. The molecule has 8 aromatic heterocycles. The van der Waals surface area contributed by atoms with Crippen LogP contribution in [0.2, 0.25) is 0 Å². The molecule has 0 aliphatic carbocycles. The summed E-state index contributed by atoms with van der Waals surface area (Å²) >= 11 is 0. The number of hydrogen-bond donors (Lipinski definition) is 18. The van der Waals surface area contributed by atoms with E-state index in [1.807, 2.05) is 31.1 Å². The van der Waals surface area contributed by atoms with Crippen LogP contribution in [0, 0.1) is 23.3 Å². The minimum absolute atomic E-state index is 0.0257. The summed E-state index contributed by atoms with van der Waals surface area (Å²) in [5, 5.41) is 119. The molecule has 1 aliphatic heterocycles. The Morgan fingerprint density at radius 2 is 0.655 bits per heavy atom. The van der Waals surface area contributed by atoms with Gasteiger partial charge in [0.25, 0.3) is 47.3 Å². The highest BCUT2D eigenvalue weighted by atomic mass is 19.1. The number of amides is 8. The maximum absolute atomic E-state index is 13.4. The molecule has 5 atom stereocenters. The summed E-state index contributed by atoms with van der Waals surface area (Å²) in [5.41, 5.74) is 7.98. The number of rotatable bonds is 32. The molecule has 0 spiro atoms. The highest BCUT2D eigenvalue weighted by Gasteiger charge is 2.32. The number of pyridine rings is 8. The zero-order chi connectivity index (χ0) is 101. The lowest BCUT2D eigenvalue weighted by Gasteiger charge is -2.17. The Balaban J connectivity index is 0.000000178. The molecule has 37 nitrogen and oxygen atoms in total. The Hall–Kier alpha value is -15.5. The van der Waals surface area contributed by atoms with Crippen molar-refractivity contribution in [3.8, 4) is 23.0 Å². The molecule has 1 aliphatic rings. The lowest BCUT2D eigenvalue weighted by Crippen LogP contribution is -2.41. The van der Waals surface area contributed by atoms with Gasteiger partial charge in [-0.15, -0.1) is 0 Å². The van der Waals surface area contributed by atoms with Crippen molar-refractivity contribution >= 4 is 102 Å². The number of hydrogen-bond acceptors (Lipinski definition) is 29. The number of carbonyl (C=O) groups is 8. The summed E-state index contributed by atoms with van der Waals surface area (Å²) in [7, 11) is 7.05. The second kappa shape index (κ2) is 48.3. The number of benzene rings is 5. The summed E-state index contributed by atoms with van der Waals surface area (Å²) in [6, 6.07) is 34.2. The second-order valence-corrected chi connectivity index (χ2v) is 33.1. The van der Waals surface area contributed by atoms with Gasteiger partial charge in [0.15, 0.2) is 45.8 Å². The number of nitrogens with one attached hydrogen (secondary N) is 8. The first-order valence-electron chi connectivity index (χ1n) is 43.7. The fourth-order valence-electron chi connectivity index (χ4n) is 14.1. The van der Waals surface area contributed by atoms with Crippen molar-refractivity contribution in [3.63, 3.8) is 0 Å². The third kappa shape index (κ3) is 27.5. The van der Waals surface area contributed by atoms with Crippen molar-refractivity contribution in [2.75, 3.05) is 91.2 Å². The topological polar surface area (TPSA) is 554 Å². The van der Waals surface area contributed by atoms with Gasteiger partial charge in [-0.25, -0.2) is 42.5 Å². The number of anilines is 2. The molecule has 0 bridgehead atoms. The number of fused-ring (bicyclic) bond motifs is 4. The summed E-state index contributed by atoms with van der Waals surface area (Å²) in [5.74, 6) is -8.99. The number of carbonyl (C=O) groups excluding carboxylic acids is 8. The second-order valence-electron chi connectivity index (χ2n) is 33.1. The van der Waals surface area contributed by atoms with Crippen LogP contribution in [0.25, 0.3) is 43.6 Å². The molecule has 1 saturated heterocycles. The largest absolute Gasteiger partial charge is 0.504 e. The van der Waals surface area contributed by atoms with E-state index in [1.54, 1.807) is 120 Å². The quantitative estimate of drug-likeness (QED) is 0.0146. The molecule has 41 heteroatoms. The molecular weight excluding hydrogens is 1810 g/mol. The monoisotopic (exact) mass is 1910 g/mol. The molecule has 8 amide bonds. The van der Waals surface area contributed by atoms with E-state index >= 15 is 0 Å². The van der Waals surface area contributed by atoms with Crippen LogP contribution in [-0.4, -0.2) is 261 Å². The summed E-state index contributed by atoms with van der Waals surface area (Å²) in [6.45, 7) is 4.87. The van der Waals surface area contributed by atoms with E-state index < -0.39 is 119 Å². The third-order valence-corrected chi connectivity index (χ3v) is 21.4. The van der Waals surface area contributed by atoms with Gasteiger partial charge >= 0.3 is 0 Å². The van der Waals surface area contributed by atoms with Gasteiger partial charge < -0.3 is 97.9 Å². The third-order valence-electron chi connectivity index (χ3n) is 21.4. The number of aliphatic hydroxyl groups excluding tert-OH is 6. The normalized spacial score (nSPS) is 13.0. The molecule has 728 valence electrons. The van der Waals surface area contributed by atoms with E-state index in [-0.39, 0.29) is 146 Å². The van der Waals surface area contributed by atoms with Crippen molar-refractivity contribution in [2.45, 2.75) is 103 Å². The minimum Gasteiger partial charge on any atom is -0.504 e. The smallest absolute Gasteiger partial charge is 0.284 e. The van der Waals surface area contributed by atoms with Crippen LogP contribution in [0.15, 0.2) is 170 Å². The maximum atomic E-state index is 13.4. The highest BCUT2D eigenvalue weighted by Crippen LogP contribution is 2.36. The summed E-state index contributed by atoms with van der Waals surface area (Å²) in [4.78, 5) is 139. The van der Waals surface area contributed by atoms with Crippen LogP contribution in [0.4, 0.5) is 28.9 Å². The number of aliphatic hydroxyl groups is 6. The Bertz CT molecular complexity index is 6610. The molecule has 18 N–H and O–H groups in total. The lowest BCUT2D eigenvalue weighted by molar-refractivity contribution is 0.0845. The molecule has 9 heterocycles. The van der Waals surface area contributed by atoms with Crippen LogP contribution in [-0.2, 0) is 30.4 Å². The average molecular weight is 1910 g/mol. The molecule has 0 saturated carbocycles. The van der Waals surface area contributed by atoms with Crippen molar-refractivity contribution in [3.05, 3.63) is 284 Å². The number of halogens is 4. The van der Waals surface area contributed by atoms with Gasteiger partial charge in [-0.1, -0.05) is 48.5 Å². The Morgan fingerprint density at radius 1 is 0.367 bits per heavy atom. The molecule has 0 radical (unpaired) electrons. The van der Waals surface area contributed by atoms with Crippen molar-refractivity contribution in [1.29, 1.82) is 0 Å². The number of nitrogens with zero attached hydrogens (tertiary/aromatic N) is 10. The van der Waals surface area contributed by atoms with Gasteiger partial charge in [-0.2, -0.15) is 0 Å². The molecule has 139 heavy (non-hydrogen) atoms. The Labute approximate surface area is 792 Å². The zero-order valence-electron chi connectivity index (χ0n) is 76.7. The van der Waals surface area contributed by atoms with Gasteiger partial charge in [0.2, 0.25) is 0 Å². The molecule has 14 rings (SSSR count). The fraction of sp³-hybridized carbons (Fsp3) is 0.286. The van der Waals surface area contributed by atoms with Crippen molar-refractivity contribution in [2.24, 2.45) is 0 Å². The SMILES string of the molecule is CC(CO)NC(=O)c1nc(C(=O)NC(CO)CO)c2cc(Cc3ccc(F)cc3)cnc2c1O.CC(CO)NC(=O)c1nc(C(=O)NCC2CCCO2)c2cc(Cc3ccc(F)cc3)cnc2c1O.CC(CO)NC(=O)c1nc(C(=O)NN(C)C)c2cc(Cc3ccc(F)cc3)cnc2c1O.CC(CO)NC(=O)c1nc(C(=O)Nc2ccc(N(C)C)cc2)c2cc(Cc3ccc(F)cc3)cnc2c1O. The van der Waals surface area contributed by atoms with Gasteiger partial charge in [-0.3, -0.25) is 63.7 Å². The van der Waals surface area contributed by atoms with Gasteiger partial charge in [0, 0.05) is 123 Å². The van der Waals surface area contributed by atoms with E-state index in [9.17, 15) is 107 Å². The summed E-state index contributed by atoms with van der Waals surface area (Å²) in [6.07, 6.45) is 9.24. The number of ether oxygens (including phenoxy) is 1. The van der Waals surface area contributed by atoms with E-state index in [0.29, 0.717) is 60.2 Å². The number of aromatic nitrogens is 8.